The summed E-state index contributed by atoms with van der Waals surface area (Å²) in [5, 5.41) is 9.93. The van der Waals surface area contributed by atoms with Crippen LogP contribution >= 0.6 is 0 Å². The van der Waals surface area contributed by atoms with Crippen molar-refractivity contribution in [3.8, 4) is 0 Å². The number of aliphatic carboxylic acids is 1. The molecule has 0 N–H and O–H groups in total. The summed E-state index contributed by atoms with van der Waals surface area (Å²) in [5.74, 6) is -7.02. The van der Waals surface area contributed by atoms with Crippen molar-refractivity contribution in [2.75, 3.05) is 0 Å². The molecule has 1 atom stereocenters. The van der Waals surface area contributed by atoms with Gasteiger partial charge in [-0.05, 0) is 18.6 Å². The molecule has 0 fully saturated rings. The minimum absolute atomic E-state index is 0.576. The summed E-state index contributed by atoms with van der Waals surface area (Å²) in [4.78, 5) is 9.93. The third-order valence-corrected chi connectivity index (χ3v) is 1.36. The Balaban J connectivity index is 5.00. The standard InChI is InChI=1S/C7H6F6O2/c1-3(4(14)15)2-6(9,10)5(8)7(11,12)13/h2,5H,1H3,(H,14,15)/p-1. The predicted octanol–water partition coefficient (Wildman–Crippen LogP) is 1.22. The van der Waals surface area contributed by atoms with Crippen LogP contribution < -0.4 is 5.11 Å². The lowest BCUT2D eigenvalue weighted by Gasteiger charge is -2.20. The summed E-state index contributed by atoms with van der Waals surface area (Å²) < 4.78 is 71.7. The highest BCUT2D eigenvalue weighted by Crippen LogP contribution is 2.36. The van der Waals surface area contributed by atoms with Gasteiger partial charge < -0.3 is 9.90 Å². The number of carbonyl (C=O) groups excluding carboxylic acids is 1. The zero-order valence-corrected chi connectivity index (χ0v) is 7.24. The van der Waals surface area contributed by atoms with Gasteiger partial charge in [-0.2, -0.15) is 22.0 Å². The fourth-order valence-electron chi connectivity index (χ4n) is 0.639. The van der Waals surface area contributed by atoms with Crippen LogP contribution in [0.15, 0.2) is 11.6 Å². The van der Waals surface area contributed by atoms with E-state index in [9.17, 15) is 36.2 Å². The minimum atomic E-state index is -5.76. The van der Waals surface area contributed by atoms with Crippen LogP contribution in [0.2, 0.25) is 0 Å². The molecule has 0 bridgehead atoms. The summed E-state index contributed by atoms with van der Waals surface area (Å²) >= 11 is 0. The van der Waals surface area contributed by atoms with Crippen molar-refractivity contribution in [2.45, 2.75) is 25.2 Å². The Morgan fingerprint density at radius 1 is 1.27 bits per heavy atom. The van der Waals surface area contributed by atoms with Gasteiger partial charge in [0.1, 0.15) is 0 Å². The summed E-state index contributed by atoms with van der Waals surface area (Å²) in [6.45, 7) is 0.576. The van der Waals surface area contributed by atoms with Gasteiger partial charge in [-0.3, -0.25) is 0 Å². The van der Waals surface area contributed by atoms with Crippen molar-refractivity contribution in [1.29, 1.82) is 0 Å². The van der Waals surface area contributed by atoms with Crippen molar-refractivity contribution >= 4 is 5.97 Å². The molecule has 0 aliphatic rings. The van der Waals surface area contributed by atoms with Gasteiger partial charge in [0, 0.05) is 0 Å². The second-order valence-electron chi connectivity index (χ2n) is 2.69. The monoisotopic (exact) mass is 235 g/mol. The first-order chi connectivity index (χ1) is 6.48. The summed E-state index contributed by atoms with van der Waals surface area (Å²) in [6.07, 6.45) is -10.8. The molecule has 0 amide bonds. The molecule has 0 radical (unpaired) electrons. The van der Waals surface area contributed by atoms with Crippen molar-refractivity contribution < 1.29 is 36.2 Å². The molecule has 15 heavy (non-hydrogen) atoms. The fourth-order valence-corrected chi connectivity index (χ4v) is 0.639. The number of carboxylic acid groups (broad SMARTS) is 1. The first-order valence-electron chi connectivity index (χ1n) is 3.48. The van der Waals surface area contributed by atoms with Gasteiger partial charge in [-0.15, -0.1) is 0 Å². The maximum atomic E-state index is 12.5. The van der Waals surface area contributed by atoms with E-state index in [1.54, 1.807) is 0 Å². The van der Waals surface area contributed by atoms with Crippen LogP contribution in [0.3, 0.4) is 0 Å². The number of carbonyl (C=O) groups is 1. The van der Waals surface area contributed by atoms with Gasteiger partial charge in [0.15, 0.2) is 0 Å². The van der Waals surface area contributed by atoms with Crippen molar-refractivity contribution in [3.63, 3.8) is 0 Å². The molecule has 0 aromatic heterocycles. The molecule has 0 aliphatic carbocycles. The highest BCUT2D eigenvalue weighted by Gasteiger charge is 2.55. The summed E-state index contributed by atoms with van der Waals surface area (Å²) in [7, 11) is 0. The van der Waals surface area contributed by atoms with E-state index in [0.29, 0.717) is 6.92 Å². The normalized spacial score (nSPS) is 16.3. The van der Waals surface area contributed by atoms with Crippen molar-refractivity contribution in [1.82, 2.24) is 0 Å². The maximum Gasteiger partial charge on any atom is 0.426 e. The third kappa shape index (κ3) is 3.80. The zero-order chi connectivity index (χ0) is 12.4. The Kier molecular flexibility index (Phi) is 3.78. The average molecular weight is 235 g/mol. The number of rotatable bonds is 3. The molecule has 0 rings (SSSR count). The van der Waals surface area contributed by atoms with Gasteiger partial charge in [0.25, 0.3) is 6.17 Å². The highest BCUT2D eigenvalue weighted by atomic mass is 19.4. The molecule has 0 aliphatic heterocycles. The third-order valence-electron chi connectivity index (χ3n) is 1.36. The predicted molar refractivity (Wildman–Crippen MR) is 34.7 cm³/mol. The molecule has 1 unspecified atom stereocenters. The van der Waals surface area contributed by atoms with E-state index in [2.05, 4.69) is 0 Å². The zero-order valence-electron chi connectivity index (χ0n) is 7.24. The van der Waals surface area contributed by atoms with Gasteiger partial charge in [-0.1, -0.05) is 0 Å². The number of hydrogen-bond donors (Lipinski definition) is 0. The molecule has 88 valence electrons. The van der Waals surface area contributed by atoms with Gasteiger partial charge in [0.05, 0.1) is 5.97 Å². The number of hydrogen-bond acceptors (Lipinski definition) is 2. The number of alkyl halides is 6. The molecule has 0 spiro atoms. The van der Waals surface area contributed by atoms with Crippen LogP contribution in [0.25, 0.3) is 0 Å². The van der Waals surface area contributed by atoms with E-state index in [1.165, 1.54) is 0 Å². The lowest BCUT2D eigenvalue weighted by atomic mass is 10.1. The second-order valence-corrected chi connectivity index (χ2v) is 2.69. The van der Waals surface area contributed by atoms with Crippen LogP contribution in [0.4, 0.5) is 26.3 Å². The molecule has 0 saturated heterocycles. The Morgan fingerprint density at radius 3 is 1.93 bits per heavy atom. The SMILES string of the molecule is CC(=CC(F)(F)C(F)C(F)(F)F)C(=O)[O-]. The first kappa shape index (κ1) is 13.8. The van der Waals surface area contributed by atoms with Crippen LogP contribution in [-0.2, 0) is 4.79 Å². The van der Waals surface area contributed by atoms with Crippen LogP contribution in [0.1, 0.15) is 6.92 Å². The van der Waals surface area contributed by atoms with Crippen molar-refractivity contribution in [3.05, 3.63) is 11.6 Å². The van der Waals surface area contributed by atoms with Crippen molar-refractivity contribution in [2.24, 2.45) is 0 Å². The average Bonchev–Trinajstić information content (AvgIpc) is 2.00. The molecule has 8 heteroatoms. The van der Waals surface area contributed by atoms with E-state index in [-0.39, 0.29) is 0 Å². The van der Waals surface area contributed by atoms with Crippen LogP contribution in [0.5, 0.6) is 0 Å². The molecule has 0 saturated carbocycles. The molecular formula is C7H5F6O2-. The van der Waals surface area contributed by atoms with Crippen LogP contribution in [-0.4, -0.2) is 24.2 Å². The Morgan fingerprint density at radius 2 is 1.67 bits per heavy atom. The van der Waals surface area contributed by atoms with Gasteiger partial charge in [-0.25, -0.2) is 4.39 Å². The molecule has 0 heterocycles. The Bertz CT molecular complexity index is 280. The summed E-state index contributed by atoms with van der Waals surface area (Å²) in [6, 6.07) is 0. The topological polar surface area (TPSA) is 40.1 Å². The highest BCUT2D eigenvalue weighted by molar-refractivity contribution is 5.84. The number of carboxylic acids is 1. The van der Waals surface area contributed by atoms with E-state index >= 15 is 0 Å². The van der Waals surface area contributed by atoms with Gasteiger partial charge >= 0.3 is 12.1 Å². The molecule has 0 aromatic rings. The van der Waals surface area contributed by atoms with E-state index < -0.39 is 35.9 Å². The number of allylic oxidation sites excluding steroid dienone is 1. The Hall–Kier alpha value is -1.21. The molecule has 2 nitrogen and oxygen atoms in total. The quantitative estimate of drug-likeness (QED) is 0.545. The minimum Gasteiger partial charge on any atom is -0.545 e. The van der Waals surface area contributed by atoms with Crippen LogP contribution in [0, 0.1) is 0 Å². The van der Waals surface area contributed by atoms with Gasteiger partial charge in [0.2, 0.25) is 0 Å². The van der Waals surface area contributed by atoms with E-state index in [0.717, 1.165) is 0 Å². The largest absolute Gasteiger partial charge is 0.545 e. The lowest BCUT2D eigenvalue weighted by molar-refractivity contribution is -0.299. The molecule has 0 aromatic carbocycles. The molecular weight excluding hydrogens is 230 g/mol. The Labute approximate surface area is 80.2 Å². The van der Waals surface area contributed by atoms with E-state index in [4.69, 9.17) is 0 Å². The van der Waals surface area contributed by atoms with E-state index in [1.807, 2.05) is 0 Å². The number of halogens is 6. The summed E-state index contributed by atoms with van der Waals surface area (Å²) in [5.41, 5.74) is -1.17. The lowest BCUT2D eigenvalue weighted by Crippen LogP contribution is -2.41. The second kappa shape index (κ2) is 4.11. The maximum absolute atomic E-state index is 12.5. The fraction of sp³-hybridized carbons (Fsp3) is 0.571. The first-order valence-corrected chi connectivity index (χ1v) is 3.48. The smallest absolute Gasteiger partial charge is 0.426 e.